The van der Waals surface area contributed by atoms with Crippen LogP contribution < -0.4 is 0 Å². The molecule has 2 heteroatoms. The number of hydrogen-bond donors (Lipinski definition) is 0. The standard InChI is InChI=1S/C7H13NO/c1-4-7(3)5-6(2)8-9-7/h4-5H2,1-3H3/t7-/m0/s1. The fourth-order valence-corrected chi connectivity index (χ4v) is 0.983. The molecule has 1 heterocycles. The second-order valence-corrected chi connectivity index (χ2v) is 2.90. The molecule has 0 N–H and O–H groups in total. The zero-order valence-electron chi connectivity index (χ0n) is 6.27. The van der Waals surface area contributed by atoms with Crippen LogP contribution >= 0.6 is 0 Å². The molecule has 0 aromatic rings. The summed E-state index contributed by atoms with van der Waals surface area (Å²) in [7, 11) is 0. The van der Waals surface area contributed by atoms with Crippen LogP contribution in [0.15, 0.2) is 5.16 Å². The Morgan fingerprint density at radius 1 is 1.78 bits per heavy atom. The molecule has 0 bridgehead atoms. The van der Waals surface area contributed by atoms with Crippen molar-refractivity contribution in [1.29, 1.82) is 0 Å². The highest BCUT2D eigenvalue weighted by Crippen LogP contribution is 2.25. The molecular weight excluding hydrogens is 114 g/mol. The zero-order chi connectivity index (χ0) is 6.91. The van der Waals surface area contributed by atoms with Crippen molar-refractivity contribution in [3.8, 4) is 0 Å². The van der Waals surface area contributed by atoms with E-state index < -0.39 is 0 Å². The average molecular weight is 127 g/mol. The van der Waals surface area contributed by atoms with E-state index >= 15 is 0 Å². The molecule has 1 atom stereocenters. The van der Waals surface area contributed by atoms with Crippen LogP contribution in [0.5, 0.6) is 0 Å². The van der Waals surface area contributed by atoms with Gasteiger partial charge >= 0.3 is 0 Å². The van der Waals surface area contributed by atoms with Crippen molar-refractivity contribution >= 4 is 5.71 Å². The minimum atomic E-state index is 0.00405. The molecule has 0 radical (unpaired) electrons. The molecule has 0 spiro atoms. The summed E-state index contributed by atoms with van der Waals surface area (Å²) in [6.07, 6.45) is 2.03. The summed E-state index contributed by atoms with van der Waals surface area (Å²) < 4.78 is 0. The van der Waals surface area contributed by atoms with Gasteiger partial charge in [0.15, 0.2) is 0 Å². The van der Waals surface area contributed by atoms with Crippen LogP contribution in [0, 0.1) is 0 Å². The van der Waals surface area contributed by atoms with Crippen LogP contribution in [0.25, 0.3) is 0 Å². The van der Waals surface area contributed by atoms with Crippen molar-refractivity contribution in [2.45, 2.75) is 39.2 Å². The monoisotopic (exact) mass is 127 g/mol. The highest BCUT2D eigenvalue weighted by Gasteiger charge is 2.29. The van der Waals surface area contributed by atoms with Gasteiger partial charge in [-0.2, -0.15) is 0 Å². The Balaban J connectivity index is 2.53. The minimum absolute atomic E-state index is 0.00405. The van der Waals surface area contributed by atoms with E-state index in [1.165, 1.54) is 0 Å². The molecule has 52 valence electrons. The van der Waals surface area contributed by atoms with Crippen LogP contribution in [0.2, 0.25) is 0 Å². The topological polar surface area (TPSA) is 21.6 Å². The van der Waals surface area contributed by atoms with E-state index in [-0.39, 0.29) is 5.60 Å². The van der Waals surface area contributed by atoms with Crippen LogP contribution in [0.1, 0.15) is 33.6 Å². The largest absolute Gasteiger partial charge is 0.389 e. The molecule has 0 amide bonds. The minimum Gasteiger partial charge on any atom is -0.389 e. The lowest BCUT2D eigenvalue weighted by molar-refractivity contribution is -0.00605. The molecule has 0 unspecified atom stereocenters. The number of nitrogens with zero attached hydrogens (tertiary/aromatic N) is 1. The summed E-state index contributed by atoms with van der Waals surface area (Å²) >= 11 is 0. The Labute approximate surface area is 55.9 Å². The highest BCUT2D eigenvalue weighted by molar-refractivity contribution is 5.83. The molecule has 0 fully saturated rings. The van der Waals surface area contributed by atoms with Gasteiger partial charge in [-0.05, 0) is 20.3 Å². The van der Waals surface area contributed by atoms with Crippen molar-refractivity contribution in [2.24, 2.45) is 5.16 Å². The van der Waals surface area contributed by atoms with Crippen LogP contribution in [0.4, 0.5) is 0 Å². The molecule has 1 rings (SSSR count). The van der Waals surface area contributed by atoms with E-state index in [1.54, 1.807) is 0 Å². The van der Waals surface area contributed by atoms with Gasteiger partial charge in [0.05, 0.1) is 5.71 Å². The van der Waals surface area contributed by atoms with Gasteiger partial charge < -0.3 is 4.84 Å². The zero-order valence-corrected chi connectivity index (χ0v) is 6.27. The van der Waals surface area contributed by atoms with Gasteiger partial charge in [0.2, 0.25) is 0 Å². The van der Waals surface area contributed by atoms with E-state index in [4.69, 9.17) is 4.84 Å². The summed E-state index contributed by atoms with van der Waals surface area (Å²) in [5.41, 5.74) is 1.11. The number of rotatable bonds is 1. The summed E-state index contributed by atoms with van der Waals surface area (Å²) in [5.74, 6) is 0. The Morgan fingerprint density at radius 2 is 2.44 bits per heavy atom. The molecule has 9 heavy (non-hydrogen) atoms. The van der Waals surface area contributed by atoms with Gasteiger partial charge in [-0.25, -0.2) is 0 Å². The van der Waals surface area contributed by atoms with E-state index in [0.29, 0.717) is 0 Å². The number of hydrogen-bond acceptors (Lipinski definition) is 2. The molecular formula is C7H13NO. The van der Waals surface area contributed by atoms with E-state index in [0.717, 1.165) is 18.6 Å². The summed E-state index contributed by atoms with van der Waals surface area (Å²) in [5, 5.41) is 3.88. The predicted octanol–water partition coefficient (Wildman–Crippen LogP) is 1.95. The van der Waals surface area contributed by atoms with E-state index in [9.17, 15) is 0 Å². The maximum absolute atomic E-state index is 5.19. The van der Waals surface area contributed by atoms with Gasteiger partial charge in [-0.3, -0.25) is 0 Å². The quantitative estimate of drug-likeness (QED) is 0.527. The third-order valence-electron chi connectivity index (χ3n) is 1.80. The lowest BCUT2D eigenvalue weighted by atomic mass is 9.98. The molecule has 1 aliphatic heterocycles. The molecule has 2 nitrogen and oxygen atoms in total. The fraction of sp³-hybridized carbons (Fsp3) is 0.857. The Hall–Kier alpha value is -0.530. The molecule has 0 aliphatic carbocycles. The van der Waals surface area contributed by atoms with Gasteiger partial charge in [-0.1, -0.05) is 12.1 Å². The Morgan fingerprint density at radius 3 is 2.67 bits per heavy atom. The Bertz CT molecular complexity index is 142. The van der Waals surface area contributed by atoms with Crippen molar-refractivity contribution in [3.05, 3.63) is 0 Å². The third kappa shape index (κ3) is 1.23. The Kier molecular flexibility index (Phi) is 1.47. The van der Waals surface area contributed by atoms with Crippen LogP contribution in [-0.4, -0.2) is 11.3 Å². The summed E-state index contributed by atoms with van der Waals surface area (Å²) in [6.45, 7) is 6.21. The SMILES string of the molecule is CC[C@@]1(C)CC(C)=NO1. The van der Waals surface area contributed by atoms with Crippen molar-refractivity contribution in [1.82, 2.24) is 0 Å². The summed E-state index contributed by atoms with van der Waals surface area (Å²) in [4.78, 5) is 5.19. The van der Waals surface area contributed by atoms with Gasteiger partial charge in [0.25, 0.3) is 0 Å². The van der Waals surface area contributed by atoms with Crippen LogP contribution in [0.3, 0.4) is 0 Å². The van der Waals surface area contributed by atoms with Gasteiger partial charge in [0.1, 0.15) is 5.60 Å². The smallest absolute Gasteiger partial charge is 0.140 e. The van der Waals surface area contributed by atoms with Crippen molar-refractivity contribution in [3.63, 3.8) is 0 Å². The van der Waals surface area contributed by atoms with Crippen molar-refractivity contribution < 1.29 is 4.84 Å². The van der Waals surface area contributed by atoms with Gasteiger partial charge in [0, 0.05) is 6.42 Å². The first-order valence-electron chi connectivity index (χ1n) is 3.38. The number of oxime groups is 1. The molecule has 0 saturated heterocycles. The van der Waals surface area contributed by atoms with E-state index in [1.807, 2.05) is 6.92 Å². The maximum atomic E-state index is 5.19. The first-order valence-corrected chi connectivity index (χ1v) is 3.38. The second-order valence-electron chi connectivity index (χ2n) is 2.90. The van der Waals surface area contributed by atoms with Crippen LogP contribution in [-0.2, 0) is 4.84 Å². The summed E-state index contributed by atoms with van der Waals surface area (Å²) in [6, 6.07) is 0. The normalized spacial score (nSPS) is 33.9. The second kappa shape index (κ2) is 2.01. The van der Waals surface area contributed by atoms with Gasteiger partial charge in [-0.15, -0.1) is 0 Å². The molecule has 0 aromatic carbocycles. The molecule has 0 aromatic heterocycles. The first-order chi connectivity index (χ1) is 4.16. The predicted molar refractivity (Wildman–Crippen MR) is 37.5 cm³/mol. The highest BCUT2D eigenvalue weighted by atomic mass is 16.7. The molecule has 1 aliphatic rings. The lowest BCUT2D eigenvalue weighted by Gasteiger charge is -2.17. The third-order valence-corrected chi connectivity index (χ3v) is 1.80. The lowest BCUT2D eigenvalue weighted by Crippen LogP contribution is -2.22. The first kappa shape index (κ1) is 6.59. The maximum Gasteiger partial charge on any atom is 0.140 e. The van der Waals surface area contributed by atoms with E-state index in [2.05, 4.69) is 19.0 Å². The fourth-order valence-electron chi connectivity index (χ4n) is 0.983. The average Bonchev–Trinajstić information content (AvgIpc) is 2.13. The van der Waals surface area contributed by atoms with Crippen molar-refractivity contribution in [2.75, 3.05) is 0 Å². The molecule has 0 saturated carbocycles.